The van der Waals surface area contributed by atoms with Crippen LogP contribution in [0.2, 0.25) is 0 Å². The topological polar surface area (TPSA) is 160 Å². The summed E-state index contributed by atoms with van der Waals surface area (Å²) in [6.07, 6.45) is -5.45. The van der Waals surface area contributed by atoms with Gasteiger partial charge in [0.25, 0.3) is 0 Å². The van der Waals surface area contributed by atoms with Gasteiger partial charge in [0.05, 0.1) is 24.4 Å². The van der Waals surface area contributed by atoms with Crippen LogP contribution >= 0.6 is 0 Å². The van der Waals surface area contributed by atoms with Gasteiger partial charge in [-0.15, -0.1) is 0 Å². The molecule has 1 aromatic rings. The molecule has 0 aromatic heterocycles. The Morgan fingerprint density at radius 1 is 0.918 bits per heavy atom. The lowest BCUT2D eigenvalue weighted by atomic mass is 9.42. The summed E-state index contributed by atoms with van der Waals surface area (Å²) in [5.74, 6) is -4.24. The summed E-state index contributed by atoms with van der Waals surface area (Å²) in [6.45, 7) is 5.99. The number of benzene rings is 1. The highest BCUT2D eigenvalue weighted by atomic mass is 16.6. The number of hydrogen-bond acceptors (Lipinski definition) is 13. The minimum Gasteiger partial charge on any atom is -0.462 e. The van der Waals surface area contributed by atoms with Crippen LogP contribution in [-0.2, 0) is 42.7 Å². The molecule has 1 saturated heterocycles. The number of carbonyl (C=O) groups is 3. The predicted octanol–water partition coefficient (Wildman–Crippen LogP) is 1.22. The second kappa shape index (κ2) is 12.0. The van der Waals surface area contributed by atoms with E-state index in [0.29, 0.717) is 19.5 Å². The maximum absolute atomic E-state index is 13.8. The first-order chi connectivity index (χ1) is 23.4. The average molecular weight is 688 g/mol. The van der Waals surface area contributed by atoms with Gasteiger partial charge in [0, 0.05) is 89.9 Å². The van der Waals surface area contributed by atoms with Gasteiger partial charge in [0.15, 0.2) is 5.60 Å². The lowest BCUT2D eigenvalue weighted by Crippen LogP contribution is -2.81. The first-order valence-electron chi connectivity index (χ1n) is 17.2. The number of aliphatic hydroxyl groups is 2. The van der Waals surface area contributed by atoms with Crippen LogP contribution in [0.15, 0.2) is 30.3 Å². The van der Waals surface area contributed by atoms with Crippen molar-refractivity contribution in [3.05, 3.63) is 35.9 Å². The van der Waals surface area contributed by atoms with E-state index in [4.69, 9.17) is 33.2 Å². The summed E-state index contributed by atoms with van der Waals surface area (Å²) in [5, 5.41) is 25.5. The standard InChI is InChI=1S/C36H49NO12/c1-8-37-16-33(17-43-4)22(47-18(2)38)14-23(44-5)35-21-15-34(42)30(48-32(41)20-12-10-9-11-13-20)24(21)36(49-19(3)39,29(40)31(34)46-7)25(28(35)37)26(45-6)27(33)35/h9-13,21-31,40,42H,8,14-17H2,1-7H3/t21-,22?,23?,24-,25?,26+,27-,28-,29?,30-,31+,33?,34-,35?,36-/m1/s1. The Balaban J connectivity index is 1.53. The van der Waals surface area contributed by atoms with Crippen molar-refractivity contribution in [2.24, 2.45) is 34.5 Å². The molecule has 1 aromatic carbocycles. The molecule has 0 amide bonds. The number of hydrogen-bond donors (Lipinski definition) is 2. The molecule has 13 nitrogen and oxygen atoms in total. The number of likely N-dealkylation sites (tertiary alicyclic amines) is 1. The molecule has 5 saturated carbocycles. The number of fused-ring (bicyclic) bond motifs is 2. The molecule has 6 unspecified atom stereocenters. The fourth-order valence-corrected chi connectivity index (χ4v) is 12.7. The van der Waals surface area contributed by atoms with Crippen LogP contribution in [0.4, 0.5) is 0 Å². The molecule has 7 bridgehead atoms. The second-order valence-corrected chi connectivity index (χ2v) is 15.0. The van der Waals surface area contributed by atoms with Gasteiger partial charge in [-0.25, -0.2) is 4.79 Å². The van der Waals surface area contributed by atoms with Crippen molar-refractivity contribution in [2.45, 2.75) is 87.5 Å². The lowest BCUT2D eigenvalue weighted by Gasteiger charge is -2.70. The molecule has 1 spiro atoms. The molecule has 270 valence electrons. The normalized spacial score (nSPS) is 47.4. The minimum atomic E-state index is -1.86. The van der Waals surface area contributed by atoms with Crippen molar-refractivity contribution in [1.82, 2.24) is 4.90 Å². The monoisotopic (exact) mass is 687 g/mol. The number of carbonyl (C=O) groups excluding carboxylic acids is 3. The van der Waals surface area contributed by atoms with E-state index >= 15 is 0 Å². The van der Waals surface area contributed by atoms with E-state index in [9.17, 15) is 24.6 Å². The second-order valence-electron chi connectivity index (χ2n) is 15.0. The predicted molar refractivity (Wildman–Crippen MR) is 170 cm³/mol. The van der Waals surface area contributed by atoms with Gasteiger partial charge in [-0.2, -0.15) is 0 Å². The van der Waals surface area contributed by atoms with E-state index in [2.05, 4.69) is 4.90 Å². The number of rotatable bonds is 10. The number of piperidine rings is 1. The maximum Gasteiger partial charge on any atom is 0.338 e. The zero-order chi connectivity index (χ0) is 35.3. The van der Waals surface area contributed by atoms with Gasteiger partial charge < -0.3 is 43.4 Å². The van der Waals surface area contributed by atoms with Crippen LogP contribution in [0.1, 0.15) is 44.0 Å². The number of esters is 3. The molecule has 6 fully saturated rings. The Kier molecular flexibility index (Phi) is 8.49. The Morgan fingerprint density at radius 3 is 2.20 bits per heavy atom. The molecule has 13 heteroatoms. The van der Waals surface area contributed by atoms with Crippen molar-refractivity contribution in [1.29, 1.82) is 0 Å². The zero-order valence-electron chi connectivity index (χ0n) is 29.2. The average Bonchev–Trinajstić information content (AvgIpc) is 3.44. The van der Waals surface area contributed by atoms with Crippen molar-refractivity contribution < 1.29 is 57.8 Å². The highest BCUT2D eigenvalue weighted by molar-refractivity contribution is 5.89. The van der Waals surface area contributed by atoms with Crippen LogP contribution < -0.4 is 0 Å². The molecule has 1 heterocycles. The van der Waals surface area contributed by atoms with E-state index in [-0.39, 0.29) is 24.6 Å². The van der Waals surface area contributed by atoms with Gasteiger partial charge >= 0.3 is 17.9 Å². The third kappa shape index (κ3) is 4.21. The number of ether oxygens (including phenoxy) is 7. The summed E-state index contributed by atoms with van der Waals surface area (Å²) in [5.41, 5.74) is -4.92. The van der Waals surface area contributed by atoms with Gasteiger partial charge in [-0.1, -0.05) is 25.1 Å². The zero-order valence-corrected chi connectivity index (χ0v) is 29.2. The molecular weight excluding hydrogens is 638 g/mol. The van der Waals surface area contributed by atoms with E-state index in [0.717, 1.165) is 0 Å². The molecule has 1 aliphatic heterocycles. The van der Waals surface area contributed by atoms with Gasteiger partial charge in [0.2, 0.25) is 0 Å². The molecule has 2 N–H and O–H groups in total. The molecule has 6 aliphatic rings. The van der Waals surface area contributed by atoms with Gasteiger partial charge in [0.1, 0.15) is 30.0 Å². The Hall–Kier alpha value is -2.65. The first kappa shape index (κ1) is 34.8. The Labute approximate surface area is 286 Å². The Bertz CT molecular complexity index is 1480. The van der Waals surface area contributed by atoms with Gasteiger partial charge in [-0.3, -0.25) is 14.5 Å². The molecule has 49 heavy (non-hydrogen) atoms. The van der Waals surface area contributed by atoms with Crippen LogP contribution in [0.25, 0.3) is 0 Å². The number of aliphatic hydroxyl groups excluding tert-OH is 1. The van der Waals surface area contributed by atoms with Crippen molar-refractivity contribution in [3.8, 4) is 0 Å². The van der Waals surface area contributed by atoms with Crippen LogP contribution in [0.3, 0.4) is 0 Å². The summed E-state index contributed by atoms with van der Waals surface area (Å²) < 4.78 is 43.9. The van der Waals surface area contributed by atoms with Crippen LogP contribution in [0.5, 0.6) is 0 Å². The third-order valence-electron chi connectivity index (χ3n) is 13.4. The number of methoxy groups -OCH3 is 4. The molecule has 0 radical (unpaired) electrons. The number of nitrogens with zero attached hydrogens (tertiary/aromatic N) is 1. The quantitative estimate of drug-likeness (QED) is 0.267. The molecular formula is C36H49NO12. The Morgan fingerprint density at radius 2 is 1.63 bits per heavy atom. The highest BCUT2D eigenvalue weighted by Crippen LogP contribution is 2.80. The van der Waals surface area contributed by atoms with E-state index in [1.807, 2.05) is 6.92 Å². The van der Waals surface area contributed by atoms with E-state index in [1.165, 1.54) is 21.0 Å². The summed E-state index contributed by atoms with van der Waals surface area (Å²) in [7, 11) is 6.25. The highest BCUT2D eigenvalue weighted by Gasteiger charge is 2.92. The van der Waals surface area contributed by atoms with E-state index in [1.54, 1.807) is 51.7 Å². The van der Waals surface area contributed by atoms with Crippen molar-refractivity contribution in [2.75, 3.05) is 48.1 Å². The van der Waals surface area contributed by atoms with Crippen LogP contribution in [0, 0.1) is 34.5 Å². The summed E-state index contributed by atoms with van der Waals surface area (Å²) in [6, 6.07) is 8.12. The first-order valence-corrected chi connectivity index (χ1v) is 17.2. The fourth-order valence-electron chi connectivity index (χ4n) is 12.7. The summed E-state index contributed by atoms with van der Waals surface area (Å²) in [4.78, 5) is 42.2. The van der Waals surface area contributed by atoms with Crippen molar-refractivity contribution in [3.63, 3.8) is 0 Å². The van der Waals surface area contributed by atoms with Crippen molar-refractivity contribution >= 4 is 17.9 Å². The summed E-state index contributed by atoms with van der Waals surface area (Å²) >= 11 is 0. The van der Waals surface area contributed by atoms with Gasteiger partial charge in [-0.05, 0) is 31.0 Å². The van der Waals surface area contributed by atoms with E-state index < -0.39 is 100 Å². The minimum absolute atomic E-state index is 0.0534. The molecule has 5 aliphatic carbocycles. The largest absolute Gasteiger partial charge is 0.462 e. The smallest absolute Gasteiger partial charge is 0.338 e. The SMILES string of the molecule is CCN1CC2(COC)C(OC(C)=O)CC(OC)C34[C@@H]5C[C@@]6(O)[C@H](OC(=O)c7ccccc7)[C@@H]5[C@@](OC(C)=O)(C([C@H](OC)[C@H]23)[C@@H]14)C(O)[C@@H]6OC. The fraction of sp³-hybridized carbons (Fsp3) is 0.750. The maximum atomic E-state index is 13.8. The molecule has 7 rings (SSSR count). The van der Waals surface area contributed by atoms with Crippen LogP contribution in [-0.4, -0.2) is 135 Å². The lowest BCUT2D eigenvalue weighted by molar-refractivity contribution is -0.322. The molecule has 15 atom stereocenters. The third-order valence-corrected chi connectivity index (χ3v) is 13.4.